The van der Waals surface area contributed by atoms with Gasteiger partial charge in [-0.15, -0.1) is 0 Å². The molecule has 0 spiro atoms. The fraction of sp³-hybridized carbons (Fsp3) is 0.625. The van der Waals surface area contributed by atoms with Crippen LogP contribution in [0.1, 0.15) is 51.5 Å². The van der Waals surface area contributed by atoms with E-state index in [0.717, 1.165) is 18.8 Å². The minimum Gasteiger partial charge on any atom is -0.327 e. The summed E-state index contributed by atoms with van der Waals surface area (Å²) in [6, 6.07) is 8.68. The lowest BCUT2D eigenvalue weighted by Gasteiger charge is -2.20. The summed E-state index contributed by atoms with van der Waals surface area (Å²) in [6.07, 6.45) is 7.33. The van der Waals surface area contributed by atoms with Gasteiger partial charge < -0.3 is 5.73 Å². The Morgan fingerprint density at radius 1 is 1.22 bits per heavy atom. The fourth-order valence-electron chi connectivity index (χ4n) is 2.44. The summed E-state index contributed by atoms with van der Waals surface area (Å²) in [5.41, 5.74) is 7.63. The van der Waals surface area contributed by atoms with Gasteiger partial charge in [0.15, 0.2) is 0 Å². The summed E-state index contributed by atoms with van der Waals surface area (Å²) in [5.74, 6) is 0.794. The summed E-state index contributed by atoms with van der Waals surface area (Å²) < 4.78 is 1.18. The molecular formula is C16H26BrN. The van der Waals surface area contributed by atoms with E-state index in [-0.39, 0.29) is 6.04 Å². The van der Waals surface area contributed by atoms with E-state index in [1.165, 1.54) is 35.7 Å². The highest BCUT2D eigenvalue weighted by atomic mass is 79.9. The number of unbranched alkanes of at least 4 members (excludes halogenated alkanes) is 1. The van der Waals surface area contributed by atoms with Gasteiger partial charge in [0, 0.05) is 10.5 Å². The van der Waals surface area contributed by atoms with Crippen LogP contribution in [0, 0.1) is 5.92 Å². The molecule has 2 N–H and O–H groups in total. The third-order valence-corrected chi connectivity index (χ3v) is 4.39. The fourth-order valence-corrected chi connectivity index (χ4v) is 2.89. The van der Waals surface area contributed by atoms with Crippen molar-refractivity contribution in [3.8, 4) is 0 Å². The largest absolute Gasteiger partial charge is 0.327 e. The highest BCUT2D eigenvalue weighted by molar-refractivity contribution is 9.10. The van der Waals surface area contributed by atoms with Gasteiger partial charge in [-0.1, -0.05) is 73.7 Å². The summed E-state index contributed by atoms with van der Waals surface area (Å²) in [5, 5.41) is 0. The van der Waals surface area contributed by atoms with E-state index < -0.39 is 0 Å². The molecule has 0 aliphatic carbocycles. The standard InChI is InChI=1S/C16H26BrN/c1-3-5-8-13(4-2)11-15(18)12-14-9-6-7-10-16(14)17/h6-7,9-10,13,15H,3-5,8,11-12,18H2,1-2H3. The third-order valence-electron chi connectivity index (χ3n) is 3.62. The van der Waals surface area contributed by atoms with E-state index in [1.807, 2.05) is 0 Å². The Labute approximate surface area is 120 Å². The van der Waals surface area contributed by atoms with E-state index in [1.54, 1.807) is 0 Å². The molecule has 0 amide bonds. The van der Waals surface area contributed by atoms with Gasteiger partial charge in [-0.25, -0.2) is 0 Å². The first-order chi connectivity index (χ1) is 8.67. The van der Waals surface area contributed by atoms with Gasteiger partial charge in [-0.05, 0) is 30.4 Å². The maximum atomic E-state index is 6.30. The van der Waals surface area contributed by atoms with E-state index in [2.05, 4.69) is 54.0 Å². The third kappa shape index (κ3) is 5.53. The predicted molar refractivity (Wildman–Crippen MR) is 83.7 cm³/mol. The first-order valence-corrected chi connectivity index (χ1v) is 7.95. The lowest BCUT2D eigenvalue weighted by atomic mass is 9.90. The molecule has 2 unspecified atom stereocenters. The van der Waals surface area contributed by atoms with Crippen LogP contribution < -0.4 is 5.73 Å². The van der Waals surface area contributed by atoms with E-state index >= 15 is 0 Å². The highest BCUT2D eigenvalue weighted by Gasteiger charge is 2.13. The molecule has 0 radical (unpaired) electrons. The molecular weight excluding hydrogens is 286 g/mol. The zero-order valence-corrected chi connectivity index (χ0v) is 13.2. The van der Waals surface area contributed by atoms with Gasteiger partial charge in [0.1, 0.15) is 0 Å². The molecule has 2 atom stereocenters. The first-order valence-electron chi connectivity index (χ1n) is 7.16. The Kier molecular flexibility index (Phi) is 7.60. The van der Waals surface area contributed by atoms with Gasteiger partial charge in [0.25, 0.3) is 0 Å². The molecule has 0 aliphatic rings. The predicted octanol–water partition coefficient (Wildman–Crippen LogP) is 4.93. The van der Waals surface area contributed by atoms with Crippen molar-refractivity contribution in [2.24, 2.45) is 11.7 Å². The van der Waals surface area contributed by atoms with Crippen LogP contribution >= 0.6 is 15.9 Å². The second-order valence-electron chi connectivity index (χ2n) is 5.21. The van der Waals surface area contributed by atoms with Crippen LogP contribution in [-0.4, -0.2) is 6.04 Å². The van der Waals surface area contributed by atoms with E-state index in [9.17, 15) is 0 Å². The second kappa shape index (κ2) is 8.71. The Morgan fingerprint density at radius 2 is 1.94 bits per heavy atom. The van der Waals surface area contributed by atoms with Crippen molar-refractivity contribution in [2.45, 2.75) is 58.4 Å². The second-order valence-corrected chi connectivity index (χ2v) is 6.06. The van der Waals surface area contributed by atoms with Crippen molar-refractivity contribution >= 4 is 15.9 Å². The zero-order valence-electron chi connectivity index (χ0n) is 11.7. The number of halogens is 1. The molecule has 102 valence electrons. The summed E-state index contributed by atoms with van der Waals surface area (Å²) in [4.78, 5) is 0. The maximum Gasteiger partial charge on any atom is 0.0207 e. The monoisotopic (exact) mass is 311 g/mol. The normalized spacial score (nSPS) is 14.4. The van der Waals surface area contributed by atoms with Crippen molar-refractivity contribution in [1.82, 2.24) is 0 Å². The molecule has 0 aromatic heterocycles. The van der Waals surface area contributed by atoms with Crippen molar-refractivity contribution in [1.29, 1.82) is 0 Å². The molecule has 1 aromatic carbocycles. The molecule has 1 aromatic rings. The van der Waals surface area contributed by atoms with Crippen molar-refractivity contribution < 1.29 is 0 Å². The van der Waals surface area contributed by atoms with E-state index in [4.69, 9.17) is 5.73 Å². The number of hydrogen-bond acceptors (Lipinski definition) is 1. The summed E-state index contributed by atoms with van der Waals surface area (Å²) in [6.45, 7) is 4.54. The van der Waals surface area contributed by atoms with Crippen LogP contribution in [0.2, 0.25) is 0 Å². The minimum absolute atomic E-state index is 0.283. The van der Waals surface area contributed by atoms with Gasteiger partial charge >= 0.3 is 0 Å². The zero-order chi connectivity index (χ0) is 13.4. The van der Waals surface area contributed by atoms with Crippen molar-refractivity contribution in [3.63, 3.8) is 0 Å². The van der Waals surface area contributed by atoms with Crippen LogP contribution in [0.5, 0.6) is 0 Å². The average molecular weight is 312 g/mol. The molecule has 1 nitrogen and oxygen atoms in total. The van der Waals surface area contributed by atoms with Gasteiger partial charge in [-0.3, -0.25) is 0 Å². The minimum atomic E-state index is 0.283. The van der Waals surface area contributed by atoms with Crippen LogP contribution in [0.3, 0.4) is 0 Å². The quantitative estimate of drug-likeness (QED) is 0.724. The van der Waals surface area contributed by atoms with Crippen LogP contribution in [0.25, 0.3) is 0 Å². The summed E-state index contributed by atoms with van der Waals surface area (Å²) >= 11 is 3.59. The number of rotatable bonds is 8. The Morgan fingerprint density at radius 3 is 2.56 bits per heavy atom. The molecule has 0 heterocycles. The Balaban J connectivity index is 2.45. The van der Waals surface area contributed by atoms with Gasteiger partial charge in [0.05, 0.1) is 0 Å². The average Bonchev–Trinajstić information content (AvgIpc) is 2.37. The van der Waals surface area contributed by atoms with Crippen LogP contribution in [0.4, 0.5) is 0 Å². The molecule has 0 aliphatic heterocycles. The Bertz CT molecular complexity index is 338. The number of nitrogens with two attached hydrogens (primary N) is 1. The molecule has 0 fully saturated rings. The smallest absolute Gasteiger partial charge is 0.0207 e. The van der Waals surface area contributed by atoms with Crippen LogP contribution in [-0.2, 0) is 6.42 Å². The topological polar surface area (TPSA) is 26.0 Å². The molecule has 2 heteroatoms. The Hall–Kier alpha value is -0.340. The van der Waals surface area contributed by atoms with Crippen molar-refractivity contribution in [2.75, 3.05) is 0 Å². The molecule has 18 heavy (non-hydrogen) atoms. The molecule has 0 bridgehead atoms. The van der Waals surface area contributed by atoms with Gasteiger partial charge in [-0.2, -0.15) is 0 Å². The first kappa shape index (κ1) is 15.7. The van der Waals surface area contributed by atoms with Gasteiger partial charge in [0.2, 0.25) is 0 Å². The van der Waals surface area contributed by atoms with E-state index in [0.29, 0.717) is 0 Å². The maximum absolute atomic E-state index is 6.30. The SMILES string of the molecule is CCCCC(CC)CC(N)Cc1ccccc1Br. The van der Waals surface area contributed by atoms with Crippen molar-refractivity contribution in [3.05, 3.63) is 34.3 Å². The summed E-state index contributed by atoms with van der Waals surface area (Å²) in [7, 11) is 0. The lowest BCUT2D eigenvalue weighted by molar-refractivity contribution is 0.383. The number of hydrogen-bond donors (Lipinski definition) is 1. The number of benzene rings is 1. The van der Waals surface area contributed by atoms with Crippen LogP contribution in [0.15, 0.2) is 28.7 Å². The lowest BCUT2D eigenvalue weighted by Crippen LogP contribution is -2.26. The molecule has 0 saturated heterocycles. The highest BCUT2D eigenvalue weighted by Crippen LogP contribution is 2.22. The molecule has 1 rings (SSSR count). The molecule has 0 saturated carbocycles.